The lowest BCUT2D eigenvalue weighted by Gasteiger charge is -2.19. The van der Waals surface area contributed by atoms with Gasteiger partial charge in [0.1, 0.15) is 30.0 Å². The predicted octanol–water partition coefficient (Wildman–Crippen LogP) is 4.94. The number of benzene rings is 2. The molecular weight excluding hydrogens is 462 g/mol. The third-order valence-electron chi connectivity index (χ3n) is 4.96. The largest absolute Gasteiger partial charge is 0.492 e. The van der Waals surface area contributed by atoms with Crippen LogP contribution in [0.3, 0.4) is 0 Å². The lowest BCUT2D eigenvalue weighted by molar-refractivity contribution is -0.112. The number of ether oxygens (including phenoxy) is 2. The maximum atomic E-state index is 11.7. The number of pyridine rings is 1. The fourth-order valence-corrected chi connectivity index (χ4v) is 3.99. The molecule has 9 heteroatoms. The van der Waals surface area contributed by atoms with Gasteiger partial charge in [-0.05, 0) is 48.0 Å². The molecule has 0 bridgehead atoms. The van der Waals surface area contributed by atoms with E-state index in [2.05, 4.69) is 10.3 Å². The van der Waals surface area contributed by atoms with E-state index in [1.807, 2.05) is 48.3 Å². The summed E-state index contributed by atoms with van der Waals surface area (Å²) in [5.41, 5.74) is 0.960. The van der Waals surface area contributed by atoms with Gasteiger partial charge >= 0.3 is 0 Å². The van der Waals surface area contributed by atoms with Crippen LogP contribution in [0, 0.1) is 0 Å². The summed E-state index contributed by atoms with van der Waals surface area (Å²) in [6.07, 6.45) is 0.473. The highest BCUT2D eigenvalue weighted by Crippen LogP contribution is 2.24. The Morgan fingerprint density at radius 2 is 1.76 bits per heavy atom. The van der Waals surface area contributed by atoms with Gasteiger partial charge in [0.05, 0.1) is 6.54 Å². The molecule has 0 aliphatic carbocycles. The molecule has 2 aromatic carbocycles. The number of hydrogen-bond donors (Lipinski definition) is 1. The molecule has 4 rings (SSSR count). The van der Waals surface area contributed by atoms with Gasteiger partial charge in [-0.1, -0.05) is 29.8 Å². The maximum Gasteiger partial charge on any atom is 0.287 e. The normalized spacial score (nSPS) is 15.3. The average molecular weight is 484 g/mol. The van der Waals surface area contributed by atoms with E-state index in [1.54, 1.807) is 30.3 Å². The highest BCUT2D eigenvalue weighted by Gasteiger charge is 2.31. The van der Waals surface area contributed by atoms with Gasteiger partial charge in [-0.2, -0.15) is 4.98 Å². The quantitative estimate of drug-likeness (QED) is 0.461. The first-order valence-corrected chi connectivity index (χ1v) is 11.5. The molecule has 7 nitrogen and oxygen atoms in total. The van der Waals surface area contributed by atoms with Gasteiger partial charge < -0.3 is 19.7 Å². The first-order chi connectivity index (χ1) is 16.0. The van der Waals surface area contributed by atoms with E-state index in [-0.39, 0.29) is 10.4 Å². The van der Waals surface area contributed by atoms with E-state index in [1.165, 1.54) is 0 Å². The van der Waals surface area contributed by atoms with Crippen LogP contribution in [0.5, 0.6) is 17.4 Å². The molecule has 3 aromatic rings. The number of likely N-dealkylation sites (N-methyl/N-ethyl adjacent to an activating group) is 1. The van der Waals surface area contributed by atoms with Crippen molar-refractivity contribution >= 4 is 39.5 Å². The second-order valence-electron chi connectivity index (χ2n) is 7.41. The third-order valence-corrected chi connectivity index (χ3v) is 6.01. The Balaban J connectivity index is 1.26. The number of carbonyl (C=O) groups excluding carboxylic acids is 2. The first kappa shape index (κ1) is 22.9. The van der Waals surface area contributed by atoms with E-state index in [0.29, 0.717) is 36.2 Å². The van der Waals surface area contributed by atoms with E-state index < -0.39 is 6.04 Å². The van der Waals surface area contributed by atoms with Crippen molar-refractivity contribution in [2.45, 2.75) is 12.5 Å². The molecule has 1 N–H and O–H groups in total. The van der Waals surface area contributed by atoms with Crippen molar-refractivity contribution in [3.8, 4) is 17.4 Å². The van der Waals surface area contributed by atoms with Crippen LogP contribution in [-0.2, 0) is 11.2 Å². The Kier molecular flexibility index (Phi) is 7.36. The van der Waals surface area contributed by atoms with Crippen molar-refractivity contribution in [3.63, 3.8) is 0 Å². The van der Waals surface area contributed by atoms with Crippen LogP contribution in [0.1, 0.15) is 5.56 Å². The van der Waals surface area contributed by atoms with Crippen LogP contribution in [0.4, 0.5) is 10.6 Å². The Morgan fingerprint density at radius 1 is 1.03 bits per heavy atom. The van der Waals surface area contributed by atoms with Crippen molar-refractivity contribution in [2.75, 3.05) is 25.1 Å². The summed E-state index contributed by atoms with van der Waals surface area (Å²) in [6, 6.07) is 19.8. The highest BCUT2D eigenvalue weighted by molar-refractivity contribution is 8.26. The number of anilines is 1. The molecular formula is C24H22ClN3O4S. The first-order valence-electron chi connectivity index (χ1n) is 10.3. The molecule has 2 heterocycles. The van der Waals surface area contributed by atoms with Crippen molar-refractivity contribution in [3.05, 3.63) is 77.3 Å². The van der Waals surface area contributed by atoms with Crippen LogP contribution in [0.15, 0.2) is 66.7 Å². The average Bonchev–Trinajstić information content (AvgIpc) is 3.13. The molecule has 0 radical (unpaired) electrons. The fourth-order valence-electron chi connectivity index (χ4n) is 3.20. The number of thioether (sulfide) groups is 1. The zero-order chi connectivity index (χ0) is 23.2. The van der Waals surface area contributed by atoms with Crippen molar-refractivity contribution in [2.24, 2.45) is 0 Å². The third kappa shape index (κ3) is 6.40. The molecule has 1 saturated heterocycles. The van der Waals surface area contributed by atoms with Crippen LogP contribution < -0.4 is 19.7 Å². The molecule has 1 aliphatic heterocycles. The number of carbonyl (C=O) groups is 2. The smallest absolute Gasteiger partial charge is 0.287 e. The van der Waals surface area contributed by atoms with Gasteiger partial charge in [-0.3, -0.25) is 9.59 Å². The molecule has 170 valence electrons. The minimum absolute atomic E-state index is 0.139. The number of halogens is 1. The van der Waals surface area contributed by atoms with Crippen molar-refractivity contribution in [1.82, 2.24) is 10.3 Å². The van der Waals surface area contributed by atoms with Gasteiger partial charge in [0.2, 0.25) is 11.0 Å². The van der Waals surface area contributed by atoms with Crippen LogP contribution in [-0.4, -0.2) is 41.6 Å². The minimum Gasteiger partial charge on any atom is -0.492 e. The molecule has 33 heavy (non-hydrogen) atoms. The van der Waals surface area contributed by atoms with E-state index >= 15 is 0 Å². The molecule has 1 unspecified atom stereocenters. The van der Waals surface area contributed by atoms with Gasteiger partial charge in [-0.25, -0.2) is 0 Å². The summed E-state index contributed by atoms with van der Waals surface area (Å²) in [5.74, 6) is 2.66. The number of hydrogen-bond acceptors (Lipinski definition) is 7. The van der Waals surface area contributed by atoms with Crippen molar-refractivity contribution in [1.29, 1.82) is 0 Å². The van der Waals surface area contributed by atoms with Gasteiger partial charge in [0.15, 0.2) is 0 Å². The number of amides is 1. The van der Waals surface area contributed by atoms with Crippen molar-refractivity contribution < 1.29 is 19.1 Å². The molecule has 1 amide bonds. The molecule has 1 aliphatic rings. The topological polar surface area (TPSA) is 80.8 Å². The van der Waals surface area contributed by atoms with E-state index in [4.69, 9.17) is 21.1 Å². The molecule has 1 atom stereocenters. The number of aromatic nitrogens is 1. The molecule has 0 spiro atoms. The Morgan fingerprint density at radius 3 is 2.45 bits per heavy atom. The zero-order valence-electron chi connectivity index (χ0n) is 17.9. The maximum absolute atomic E-state index is 11.7. The van der Waals surface area contributed by atoms with Crippen LogP contribution in [0.2, 0.25) is 5.02 Å². The lowest BCUT2D eigenvalue weighted by atomic mass is 10.1. The lowest BCUT2D eigenvalue weighted by Crippen LogP contribution is -2.30. The fraction of sp³-hybridized carbons (Fsp3) is 0.208. The SMILES string of the molecule is CN(CCOc1ccc(CC2NC(=O)SC2=O)cc1)c1cccc(Oc2ccc(Cl)cc2)n1. The second-order valence-corrected chi connectivity index (χ2v) is 8.83. The summed E-state index contributed by atoms with van der Waals surface area (Å²) in [5, 5.41) is 2.89. The number of nitrogens with one attached hydrogen (secondary N) is 1. The highest BCUT2D eigenvalue weighted by atomic mass is 35.5. The van der Waals surface area contributed by atoms with Crippen LogP contribution in [0.25, 0.3) is 0 Å². The number of nitrogens with zero attached hydrogens (tertiary/aromatic N) is 2. The molecule has 1 fully saturated rings. The molecule has 0 saturated carbocycles. The zero-order valence-corrected chi connectivity index (χ0v) is 19.4. The van der Waals surface area contributed by atoms with E-state index in [0.717, 1.165) is 28.9 Å². The minimum atomic E-state index is -0.463. The summed E-state index contributed by atoms with van der Waals surface area (Å²) in [6.45, 7) is 1.09. The summed E-state index contributed by atoms with van der Waals surface area (Å²) in [7, 11) is 1.94. The summed E-state index contributed by atoms with van der Waals surface area (Å²) >= 11 is 6.64. The monoisotopic (exact) mass is 483 g/mol. The van der Waals surface area contributed by atoms with Crippen LogP contribution >= 0.6 is 23.4 Å². The standard InChI is InChI=1S/C24H22ClN3O4S/c1-28(21-3-2-4-22(27-21)32-19-11-7-17(25)8-12-19)13-14-31-18-9-5-16(6-10-18)15-20-23(29)33-24(30)26-20/h2-12,20H,13-15H2,1H3,(H,26,30). The predicted molar refractivity (Wildman–Crippen MR) is 130 cm³/mol. The molecule has 1 aromatic heterocycles. The van der Waals surface area contributed by atoms with Gasteiger partial charge in [0.25, 0.3) is 5.24 Å². The van der Waals surface area contributed by atoms with E-state index in [9.17, 15) is 9.59 Å². The van der Waals surface area contributed by atoms with Gasteiger partial charge in [0, 0.05) is 36.3 Å². The number of rotatable bonds is 9. The van der Waals surface area contributed by atoms with Gasteiger partial charge in [-0.15, -0.1) is 0 Å². The second kappa shape index (κ2) is 10.6. The Labute approximate surface area is 201 Å². The Hall–Kier alpha value is -3.23. The summed E-state index contributed by atoms with van der Waals surface area (Å²) in [4.78, 5) is 29.5. The Bertz CT molecular complexity index is 1130. The summed E-state index contributed by atoms with van der Waals surface area (Å²) < 4.78 is 11.6.